The monoisotopic (exact) mass is 243 g/mol. The first-order valence-electron chi connectivity index (χ1n) is 5.61. The largest absolute Gasteiger partial charge is 0.468 e. The number of ether oxygens (including phenoxy) is 2. The summed E-state index contributed by atoms with van der Waals surface area (Å²) in [5, 5.41) is 3.00. The van der Waals surface area contributed by atoms with E-state index < -0.39 is 5.97 Å². The van der Waals surface area contributed by atoms with Crippen molar-refractivity contribution in [3.8, 4) is 0 Å². The van der Waals surface area contributed by atoms with Gasteiger partial charge in [-0.2, -0.15) is 0 Å². The Bertz CT molecular complexity index is 263. The minimum Gasteiger partial charge on any atom is -0.468 e. The summed E-state index contributed by atoms with van der Waals surface area (Å²) >= 11 is 0. The van der Waals surface area contributed by atoms with Crippen molar-refractivity contribution >= 4 is 11.9 Å². The molecule has 0 aromatic heterocycles. The van der Waals surface area contributed by atoms with E-state index in [1.165, 1.54) is 7.11 Å². The molecule has 17 heavy (non-hydrogen) atoms. The van der Waals surface area contributed by atoms with Crippen molar-refractivity contribution in [1.82, 2.24) is 5.32 Å². The number of hydrogen-bond acceptors (Lipinski definition) is 5. The maximum Gasteiger partial charge on any atom is 0.330 e. The van der Waals surface area contributed by atoms with E-state index in [0.717, 1.165) is 6.08 Å². The highest BCUT2D eigenvalue weighted by Crippen LogP contribution is 2.05. The van der Waals surface area contributed by atoms with E-state index in [1.807, 2.05) is 13.8 Å². The lowest BCUT2D eigenvalue weighted by molar-refractivity contribution is -0.143. The van der Waals surface area contributed by atoms with Crippen LogP contribution < -0.4 is 5.32 Å². The molecular formula is C12H21NO4. The number of carbonyl (C=O) groups excluding carboxylic acids is 2. The first-order valence-corrected chi connectivity index (χ1v) is 5.61. The number of rotatable bonds is 8. The van der Waals surface area contributed by atoms with Crippen LogP contribution in [0.25, 0.3) is 0 Å². The molecular weight excluding hydrogens is 222 g/mol. The van der Waals surface area contributed by atoms with Crippen LogP contribution in [-0.4, -0.2) is 38.2 Å². The van der Waals surface area contributed by atoms with E-state index in [-0.39, 0.29) is 18.6 Å². The van der Waals surface area contributed by atoms with E-state index in [9.17, 15) is 9.59 Å². The Kier molecular flexibility index (Phi) is 8.05. The third kappa shape index (κ3) is 7.52. The number of nitrogens with one attached hydrogen (secondary N) is 1. The quantitative estimate of drug-likeness (QED) is 0.390. The van der Waals surface area contributed by atoms with Gasteiger partial charge in [0.25, 0.3) is 0 Å². The predicted octanol–water partition coefficient (Wildman–Crippen LogP) is 0.893. The fraction of sp³-hybridized carbons (Fsp3) is 0.667. The molecule has 0 aromatic carbocycles. The number of hydrogen-bond donors (Lipinski definition) is 1. The van der Waals surface area contributed by atoms with Crippen LogP contribution in [0.15, 0.2) is 12.7 Å². The minimum absolute atomic E-state index is 0.205. The fourth-order valence-electron chi connectivity index (χ4n) is 1.32. The van der Waals surface area contributed by atoms with Crippen LogP contribution in [0.5, 0.6) is 0 Å². The van der Waals surface area contributed by atoms with Gasteiger partial charge in [-0.3, -0.25) is 4.79 Å². The van der Waals surface area contributed by atoms with Gasteiger partial charge < -0.3 is 14.8 Å². The molecule has 1 atom stereocenters. The molecule has 0 amide bonds. The first kappa shape index (κ1) is 15.6. The van der Waals surface area contributed by atoms with Crippen LogP contribution >= 0.6 is 0 Å². The molecule has 0 aliphatic carbocycles. The molecule has 1 N–H and O–H groups in total. The van der Waals surface area contributed by atoms with Crippen LogP contribution in [0, 0.1) is 5.92 Å². The van der Waals surface area contributed by atoms with Crippen molar-refractivity contribution < 1.29 is 19.1 Å². The van der Waals surface area contributed by atoms with Gasteiger partial charge in [-0.05, 0) is 12.3 Å². The van der Waals surface area contributed by atoms with Crippen LogP contribution in [0.3, 0.4) is 0 Å². The predicted molar refractivity (Wildman–Crippen MR) is 64.4 cm³/mol. The third-order valence-electron chi connectivity index (χ3n) is 2.10. The smallest absolute Gasteiger partial charge is 0.330 e. The molecule has 0 bridgehead atoms. The molecule has 0 unspecified atom stereocenters. The van der Waals surface area contributed by atoms with E-state index in [4.69, 9.17) is 4.74 Å². The van der Waals surface area contributed by atoms with E-state index in [2.05, 4.69) is 16.6 Å². The molecule has 0 heterocycles. The highest BCUT2D eigenvalue weighted by atomic mass is 16.5. The van der Waals surface area contributed by atoms with Gasteiger partial charge in [-0.1, -0.05) is 20.4 Å². The molecule has 0 fully saturated rings. The highest BCUT2D eigenvalue weighted by Gasteiger charge is 2.19. The van der Waals surface area contributed by atoms with Crippen molar-refractivity contribution in [2.45, 2.75) is 26.3 Å². The lowest BCUT2D eigenvalue weighted by Crippen LogP contribution is -2.40. The summed E-state index contributed by atoms with van der Waals surface area (Å²) in [7, 11) is 1.36. The Balaban J connectivity index is 3.95. The van der Waals surface area contributed by atoms with Crippen LogP contribution in [0.1, 0.15) is 20.3 Å². The average Bonchev–Trinajstić information content (AvgIpc) is 2.31. The molecule has 0 spiro atoms. The summed E-state index contributed by atoms with van der Waals surface area (Å²) in [6, 6.07) is -0.359. The van der Waals surface area contributed by atoms with Crippen molar-refractivity contribution in [3.05, 3.63) is 12.7 Å². The summed E-state index contributed by atoms with van der Waals surface area (Å²) in [4.78, 5) is 22.2. The molecule has 0 radical (unpaired) electrons. The Morgan fingerprint density at radius 3 is 2.53 bits per heavy atom. The SMILES string of the molecule is C=CC(=O)OCCN[C@H](CC(C)C)C(=O)OC. The Morgan fingerprint density at radius 2 is 2.06 bits per heavy atom. The second kappa shape index (κ2) is 8.75. The van der Waals surface area contributed by atoms with Gasteiger partial charge in [-0.15, -0.1) is 0 Å². The Labute approximate surface area is 102 Å². The lowest BCUT2D eigenvalue weighted by atomic mass is 10.0. The summed E-state index contributed by atoms with van der Waals surface area (Å²) in [5.41, 5.74) is 0. The molecule has 0 aliphatic heterocycles. The van der Waals surface area contributed by atoms with Crippen LogP contribution in [0.4, 0.5) is 0 Å². The molecule has 0 aromatic rings. The van der Waals surface area contributed by atoms with Gasteiger partial charge in [0.2, 0.25) is 0 Å². The second-order valence-corrected chi connectivity index (χ2v) is 4.03. The van der Waals surface area contributed by atoms with Gasteiger partial charge in [0.05, 0.1) is 7.11 Å². The zero-order valence-corrected chi connectivity index (χ0v) is 10.7. The Morgan fingerprint density at radius 1 is 1.41 bits per heavy atom. The van der Waals surface area contributed by atoms with Gasteiger partial charge in [0.15, 0.2) is 0 Å². The molecule has 0 aliphatic rings. The summed E-state index contributed by atoms with van der Waals surface area (Å²) in [5.74, 6) is -0.388. The number of methoxy groups -OCH3 is 1. The van der Waals surface area contributed by atoms with Crippen molar-refractivity contribution in [3.63, 3.8) is 0 Å². The van der Waals surface area contributed by atoms with E-state index in [1.54, 1.807) is 0 Å². The zero-order valence-electron chi connectivity index (χ0n) is 10.7. The molecule has 0 saturated heterocycles. The minimum atomic E-state index is -0.467. The van der Waals surface area contributed by atoms with Crippen molar-refractivity contribution in [1.29, 1.82) is 0 Å². The second-order valence-electron chi connectivity index (χ2n) is 4.03. The molecule has 5 nitrogen and oxygen atoms in total. The maximum atomic E-state index is 11.4. The maximum absolute atomic E-state index is 11.4. The summed E-state index contributed by atoms with van der Waals surface area (Å²) in [6.07, 6.45) is 1.79. The highest BCUT2D eigenvalue weighted by molar-refractivity contribution is 5.81. The first-order chi connectivity index (χ1) is 8.01. The fourth-order valence-corrected chi connectivity index (χ4v) is 1.32. The van der Waals surface area contributed by atoms with Gasteiger partial charge >= 0.3 is 11.9 Å². The van der Waals surface area contributed by atoms with Crippen molar-refractivity contribution in [2.24, 2.45) is 5.92 Å². The molecule has 0 saturated carbocycles. The zero-order chi connectivity index (χ0) is 13.3. The molecule has 0 rings (SSSR count). The number of esters is 2. The van der Waals surface area contributed by atoms with E-state index in [0.29, 0.717) is 18.9 Å². The van der Waals surface area contributed by atoms with Gasteiger partial charge in [0, 0.05) is 12.6 Å². The van der Waals surface area contributed by atoms with Crippen molar-refractivity contribution in [2.75, 3.05) is 20.3 Å². The van der Waals surface area contributed by atoms with E-state index >= 15 is 0 Å². The summed E-state index contributed by atoms with van der Waals surface area (Å²) in [6.45, 7) is 7.95. The topological polar surface area (TPSA) is 64.6 Å². The normalized spacial score (nSPS) is 12.0. The van der Waals surface area contributed by atoms with Gasteiger partial charge in [-0.25, -0.2) is 4.79 Å². The van der Waals surface area contributed by atoms with Crippen LogP contribution in [0.2, 0.25) is 0 Å². The third-order valence-corrected chi connectivity index (χ3v) is 2.10. The molecule has 98 valence electrons. The molecule has 5 heteroatoms. The average molecular weight is 243 g/mol. The number of carbonyl (C=O) groups is 2. The Hall–Kier alpha value is -1.36. The lowest BCUT2D eigenvalue weighted by Gasteiger charge is -2.18. The van der Waals surface area contributed by atoms with Crippen LogP contribution in [-0.2, 0) is 19.1 Å². The van der Waals surface area contributed by atoms with Gasteiger partial charge in [0.1, 0.15) is 12.6 Å². The standard InChI is InChI=1S/C12H21NO4/c1-5-11(14)17-7-6-13-10(8-9(2)3)12(15)16-4/h5,9-10,13H,1,6-8H2,2-4H3/t10-/m1/s1. The summed E-state index contributed by atoms with van der Waals surface area (Å²) < 4.78 is 9.48.